The Bertz CT molecular complexity index is 800. The molecule has 0 fully saturated rings. The Labute approximate surface area is 185 Å². The molecule has 10 heteroatoms. The molecule has 31 heavy (non-hydrogen) atoms. The summed E-state index contributed by atoms with van der Waals surface area (Å²) in [6.07, 6.45) is -4.89. The fourth-order valence-corrected chi connectivity index (χ4v) is 3.51. The number of halogens is 3. The van der Waals surface area contributed by atoms with Crippen molar-refractivity contribution in [1.82, 2.24) is 0 Å². The van der Waals surface area contributed by atoms with E-state index >= 15 is 0 Å². The molecular weight excluding hydrogens is 429 g/mol. The second-order valence-corrected chi connectivity index (χ2v) is 9.35. The lowest BCUT2D eigenvalue weighted by atomic mass is 9.96. The predicted molar refractivity (Wildman–Crippen MR) is 122 cm³/mol. The third kappa shape index (κ3) is 9.20. The van der Waals surface area contributed by atoms with E-state index in [2.05, 4.69) is 37.6 Å². The summed E-state index contributed by atoms with van der Waals surface area (Å²) in [7, 11) is 0. The average Bonchev–Trinajstić information content (AvgIpc) is 2.58. The van der Waals surface area contributed by atoms with E-state index in [1.807, 2.05) is 12.1 Å². The van der Waals surface area contributed by atoms with Gasteiger partial charge in [0, 0.05) is 13.1 Å². The van der Waals surface area contributed by atoms with Crippen LogP contribution in [0.5, 0.6) is 0 Å². The van der Waals surface area contributed by atoms with E-state index in [1.54, 1.807) is 13.0 Å². The number of anilines is 1. The van der Waals surface area contributed by atoms with Crippen LogP contribution in [-0.2, 0) is 4.79 Å². The van der Waals surface area contributed by atoms with Crippen molar-refractivity contribution in [3.05, 3.63) is 23.8 Å². The maximum absolute atomic E-state index is 12.7. The number of carbonyl (C=O) groups is 1. The van der Waals surface area contributed by atoms with Gasteiger partial charge in [0.25, 0.3) is 0 Å². The predicted octanol–water partition coefficient (Wildman–Crippen LogP) is 5.60. The summed E-state index contributed by atoms with van der Waals surface area (Å²) in [6, 6.07) is 5.29. The maximum Gasteiger partial charge on any atom is 0.439 e. The van der Waals surface area contributed by atoms with E-state index in [0.717, 1.165) is 0 Å². The number of hydrogen-bond donors (Lipinski definition) is 3. The van der Waals surface area contributed by atoms with E-state index in [-0.39, 0.29) is 24.1 Å². The third-order valence-corrected chi connectivity index (χ3v) is 4.99. The number of rotatable bonds is 9. The van der Waals surface area contributed by atoms with E-state index in [1.165, 1.54) is 0 Å². The summed E-state index contributed by atoms with van der Waals surface area (Å²) in [5.74, 6) is -0.610. The van der Waals surface area contributed by atoms with Crippen LogP contribution in [0.4, 0.5) is 24.5 Å². The molecule has 0 saturated heterocycles. The van der Waals surface area contributed by atoms with Crippen molar-refractivity contribution in [1.29, 1.82) is 5.41 Å². The first-order valence-corrected chi connectivity index (χ1v) is 10.8. The highest BCUT2D eigenvalue weighted by Gasteiger charge is 2.35. The first-order valence-electron chi connectivity index (χ1n) is 9.99. The topological polar surface area (TPSA) is 103 Å². The maximum atomic E-state index is 12.7. The minimum Gasteiger partial charge on any atom is -0.481 e. The molecule has 174 valence electrons. The minimum absolute atomic E-state index is 0.0479. The molecule has 1 rings (SSSR count). The smallest absolute Gasteiger partial charge is 0.439 e. The zero-order chi connectivity index (χ0) is 23.9. The first kappa shape index (κ1) is 26.8. The highest BCUT2D eigenvalue weighted by molar-refractivity contribution is 8.26. The van der Waals surface area contributed by atoms with Gasteiger partial charge in [-0.05, 0) is 47.2 Å². The normalized spacial score (nSPS) is 13.5. The molecule has 0 aliphatic rings. The van der Waals surface area contributed by atoms with Crippen LogP contribution in [0, 0.1) is 17.2 Å². The van der Waals surface area contributed by atoms with Crippen molar-refractivity contribution in [2.75, 3.05) is 18.0 Å². The number of amidine groups is 1. The van der Waals surface area contributed by atoms with Crippen LogP contribution in [0.1, 0.15) is 52.5 Å². The zero-order valence-corrected chi connectivity index (χ0v) is 19.3. The Kier molecular flexibility index (Phi) is 9.86. The Balaban J connectivity index is 3.46. The van der Waals surface area contributed by atoms with Gasteiger partial charge in [-0.2, -0.15) is 13.2 Å². The van der Waals surface area contributed by atoms with Gasteiger partial charge in [0.15, 0.2) is 10.2 Å². The summed E-state index contributed by atoms with van der Waals surface area (Å²) in [5.41, 5.74) is 7.50. The van der Waals surface area contributed by atoms with Gasteiger partial charge >= 0.3 is 12.1 Å². The number of carboxylic acid groups (broad SMARTS) is 1. The van der Waals surface area contributed by atoms with Crippen LogP contribution in [0.25, 0.3) is 0 Å². The molecule has 1 unspecified atom stereocenters. The van der Waals surface area contributed by atoms with Gasteiger partial charge in [-0.3, -0.25) is 10.2 Å². The molecule has 1 aromatic carbocycles. The summed E-state index contributed by atoms with van der Waals surface area (Å²) >= 11 is 0.0479. The van der Waals surface area contributed by atoms with Gasteiger partial charge in [-0.25, -0.2) is 4.99 Å². The van der Waals surface area contributed by atoms with Gasteiger partial charge < -0.3 is 15.7 Å². The Hall–Kier alpha value is -2.23. The molecular formula is C21H31F3N4O2S. The summed E-state index contributed by atoms with van der Waals surface area (Å²) in [6.45, 7) is 11.4. The first-order chi connectivity index (χ1) is 14.2. The van der Waals surface area contributed by atoms with Crippen molar-refractivity contribution < 1.29 is 23.1 Å². The Morgan fingerprint density at radius 2 is 1.74 bits per heavy atom. The number of nitrogens with two attached hydrogens (primary N) is 1. The van der Waals surface area contributed by atoms with Crippen molar-refractivity contribution in [2.24, 2.45) is 22.6 Å². The lowest BCUT2D eigenvalue weighted by Gasteiger charge is -2.30. The number of aliphatic imine (C=N–C) groups is 1. The number of nitrogens with zero attached hydrogens (tertiary/aromatic N) is 2. The zero-order valence-electron chi connectivity index (χ0n) is 18.5. The molecule has 0 spiro atoms. The fourth-order valence-electron chi connectivity index (χ4n) is 3.04. The minimum atomic E-state index is -4.80. The van der Waals surface area contributed by atoms with Gasteiger partial charge in [-0.15, -0.1) is 0 Å². The molecule has 1 atom stereocenters. The average molecular weight is 461 g/mol. The molecule has 1 aromatic rings. The number of benzene rings is 1. The van der Waals surface area contributed by atoms with Crippen molar-refractivity contribution in [3.63, 3.8) is 0 Å². The molecule has 0 bridgehead atoms. The largest absolute Gasteiger partial charge is 0.481 e. The molecule has 4 N–H and O–H groups in total. The van der Waals surface area contributed by atoms with Crippen molar-refractivity contribution >= 4 is 39.3 Å². The SMILES string of the molecule is CC(C)CN(CC(C)C)c1ccc(C(C)CC(=O)O)cc1N=C(N)SC(=N)C(F)(F)F. The van der Waals surface area contributed by atoms with E-state index in [4.69, 9.17) is 16.2 Å². The molecule has 0 aliphatic heterocycles. The summed E-state index contributed by atoms with van der Waals surface area (Å²) in [5, 5.41) is 14.3. The van der Waals surface area contributed by atoms with E-state index in [9.17, 15) is 18.0 Å². The van der Waals surface area contributed by atoms with Gasteiger partial charge in [0.2, 0.25) is 0 Å². The molecule has 6 nitrogen and oxygen atoms in total. The standard InChI is InChI=1S/C21H31F3N4O2S/c1-12(2)10-28(11-13(3)4)17-7-6-15(14(5)8-18(29)30)9-16(17)27-20(26)31-19(25)21(22,23)24/h6-7,9,12-14,25H,8,10-11H2,1-5H3,(H2,26,27)(H,29,30). The number of carboxylic acids is 1. The fraction of sp³-hybridized carbons (Fsp3) is 0.571. The van der Waals surface area contributed by atoms with Crippen LogP contribution in [0.3, 0.4) is 0 Å². The molecule has 0 radical (unpaired) electrons. The van der Waals surface area contributed by atoms with Crippen LogP contribution in [0.2, 0.25) is 0 Å². The highest BCUT2D eigenvalue weighted by Crippen LogP contribution is 2.35. The number of thioether (sulfide) groups is 1. The number of aliphatic carboxylic acids is 1. The molecule has 0 heterocycles. The molecule has 0 amide bonds. The molecule has 0 saturated carbocycles. The van der Waals surface area contributed by atoms with Crippen LogP contribution in [-0.4, -0.2) is 40.6 Å². The van der Waals surface area contributed by atoms with Crippen LogP contribution >= 0.6 is 11.8 Å². The Morgan fingerprint density at radius 3 is 2.19 bits per heavy atom. The lowest BCUT2D eigenvalue weighted by molar-refractivity contribution is -0.137. The second-order valence-electron chi connectivity index (χ2n) is 8.32. The quantitative estimate of drug-likeness (QED) is 0.329. The van der Waals surface area contributed by atoms with Crippen molar-refractivity contribution in [3.8, 4) is 0 Å². The van der Waals surface area contributed by atoms with Gasteiger partial charge in [0.1, 0.15) is 0 Å². The Morgan fingerprint density at radius 1 is 1.19 bits per heavy atom. The van der Waals surface area contributed by atoms with E-state index < -0.39 is 22.4 Å². The van der Waals surface area contributed by atoms with Gasteiger partial charge in [-0.1, -0.05) is 40.7 Å². The summed E-state index contributed by atoms with van der Waals surface area (Å²) < 4.78 is 38.1. The van der Waals surface area contributed by atoms with Crippen LogP contribution < -0.4 is 10.6 Å². The molecule has 0 aromatic heterocycles. The number of nitrogens with one attached hydrogen (secondary N) is 1. The van der Waals surface area contributed by atoms with Gasteiger partial charge in [0.05, 0.1) is 17.8 Å². The summed E-state index contributed by atoms with van der Waals surface area (Å²) in [4.78, 5) is 17.4. The monoisotopic (exact) mass is 460 g/mol. The molecule has 0 aliphatic carbocycles. The van der Waals surface area contributed by atoms with E-state index in [0.29, 0.717) is 41.9 Å². The number of hydrogen-bond acceptors (Lipinski definition) is 5. The highest BCUT2D eigenvalue weighted by atomic mass is 32.2. The third-order valence-electron chi connectivity index (χ3n) is 4.26. The second kappa shape index (κ2) is 11.4. The lowest BCUT2D eigenvalue weighted by Crippen LogP contribution is -2.31. The number of alkyl halides is 3. The van der Waals surface area contributed by atoms with Crippen LogP contribution in [0.15, 0.2) is 23.2 Å². The van der Waals surface area contributed by atoms with Crippen molar-refractivity contribution in [2.45, 2.75) is 53.1 Å².